The molecule has 0 unspecified atom stereocenters. The minimum absolute atomic E-state index is 0.102. The van der Waals surface area contributed by atoms with Crippen molar-refractivity contribution < 1.29 is 39.2 Å². The molecule has 3 atom stereocenters. The van der Waals surface area contributed by atoms with Gasteiger partial charge in [0.15, 0.2) is 0 Å². The molecule has 0 aromatic carbocycles. The maximum Gasteiger partial charge on any atom is 0.312 e. The van der Waals surface area contributed by atoms with Gasteiger partial charge in [-0.25, -0.2) is 0 Å². The Hall–Kier alpha value is -2.24. The lowest BCUT2D eigenvalue weighted by Gasteiger charge is -2.65. The van der Waals surface area contributed by atoms with Crippen molar-refractivity contribution in [2.24, 2.45) is 34.5 Å². The van der Waals surface area contributed by atoms with E-state index in [-0.39, 0.29) is 32.3 Å². The number of nitrogens with zero attached hydrogens (tertiary/aromatic N) is 3. The number of carbonyl (C=O) groups is 4. The van der Waals surface area contributed by atoms with Crippen molar-refractivity contribution in [3.05, 3.63) is 0 Å². The molecule has 3 fully saturated rings. The summed E-state index contributed by atoms with van der Waals surface area (Å²) in [5.74, 6) is -9.07. The second-order valence-corrected chi connectivity index (χ2v) is 25.2. The average Bonchev–Trinajstić information content (AvgIpc) is 3.16. The van der Waals surface area contributed by atoms with Crippen molar-refractivity contribution in [3.8, 4) is 0 Å². The van der Waals surface area contributed by atoms with Crippen LogP contribution in [0.2, 0.25) is 0 Å². The summed E-state index contributed by atoms with van der Waals surface area (Å²) in [6, 6.07) is 0. The second-order valence-electron chi connectivity index (χ2n) is 25.2. The Morgan fingerprint density at radius 3 is 1.15 bits per heavy atom. The number of carboxylic acid groups (broad SMARTS) is 3. The summed E-state index contributed by atoms with van der Waals surface area (Å²) in [6.45, 7) is 26.9. The number of unbranched alkanes of at least 4 members (excludes halogenated alkanes) is 13. The van der Waals surface area contributed by atoms with Crippen LogP contribution in [0.5, 0.6) is 0 Å². The van der Waals surface area contributed by atoms with Gasteiger partial charge >= 0.3 is 23.9 Å². The molecule has 3 aliphatic heterocycles. The summed E-state index contributed by atoms with van der Waals surface area (Å²) in [5.41, 5.74) is -8.34. The third-order valence-electron chi connectivity index (χ3n) is 18.2. The first kappa shape index (κ1) is 57.1. The number of carbonyl (C=O) groups excluding carboxylic acids is 1. The first-order chi connectivity index (χ1) is 29.8. The van der Waals surface area contributed by atoms with E-state index in [1.807, 2.05) is 76.5 Å². The van der Waals surface area contributed by atoms with Crippen LogP contribution in [0.4, 0.5) is 0 Å². The lowest BCUT2D eigenvalue weighted by atomic mass is 9.40. The van der Waals surface area contributed by atoms with Gasteiger partial charge in [-0.05, 0) is 167 Å². The van der Waals surface area contributed by atoms with Gasteiger partial charge < -0.3 is 20.1 Å². The molecule has 0 amide bonds. The molecule has 0 spiro atoms. The molecule has 11 nitrogen and oxygen atoms in total. The van der Waals surface area contributed by atoms with Gasteiger partial charge in [-0.2, -0.15) is 0 Å². The monoisotopic (exact) mass is 918 g/mol. The van der Waals surface area contributed by atoms with Crippen molar-refractivity contribution in [1.82, 2.24) is 14.7 Å². The summed E-state index contributed by atoms with van der Waals surface area (Å²) in [7, 11) is 6.05. The highest BCUT2D eigenvalue weighted by Gasteiger charge is 2.76. The van der Waals surface area contributed by atoms with E-state index in [9.17, 15) is 24.9 Å². The number of hydrogen-bond donors (Lipinski definition) is 3. The molecule has 3 aliphatic rings. The van der Waals surface area contributed by atoms with Gasteiger partial charge in [0.1, 0.15) is 5.41 Å². The SMILES string of the molecule is CCCCCCCCCCCCCCCCOC(=O)C[C@](C(=O)O)(C1CC(C)(C)N(C)C(C)(C)C1)[C@](C(=O)O)(C1CC(C)(C)N(C)C(C)(C)C1)[C@@H](C(=O)O)C1CC(C)(C)N(C)C(C)(C)C1. The summed E-state index contributed by atoms with van der Waals surface area (Å²) in [6.07, 6.45) is 17.5. The van der Waals surface area contributed by atoms with Gasteiger partial charge in [-0.15, -0.1) is 0 Å². The van der Waals surface area contributed by atoms with Gasteiger partial charge in [-0.1, -0.05) is 90.4 Å². The molecule has 3 saturated heterocycles. The highest BCUT2D eigenvalue weighted by Crippen LogP contribution is 2.68. The maximum atomic E-state index is 15.4. The zero-order valence-electron chi connectivity index (χ0n) is 44.6. The van der Waals surface area contributed by atoms with E-state index < -0.39 is 98.0 Å². The van der Waals surface area contributed by atoms with Crippen molar-refractivity contribution >= 4 is 23.9 Å². The van der Waals surface area contributed by atoms with E-state index in [1.54, 1.807) is 0 Å². The molecule has 0 saturated carbocycles. The summed E-state index contributed by atoms with van der Waals surface area (Å²) in [5, 5.41) is 36.8. The zero-order chi connectivity index (χ0) is 49.6. The van der Waals surface area contributed by atoms with E-state index in [0.717, 1.165) is 19.3 Å². The Morgan fingerprint density at radius 1 is 0.508 bits per heavy atom. The molecule has 3 heterocycles. The summed E-state index contributed by atoms with van der Waals surface area (Å²) in [4.78, 5) is 66.6. The lowest BCUT2D eigenvalue weighted by Crippen LogP contribution is -2.73. The van der Waals surface area contributed by atoms with Gasteiger partial charge in [0, 0.05) is 33.2 Å². The van der Waals surface area contributed by atoms with Crippen LogP contribution in [0.25, 0.3) is 0 Å². The number of hydrogen-bond acceptors (Lipinski definition) is 8. The molecule has 11 heteroatoms. The number of aliphatic carboxylic acids is 3. The van der Waals surface area contributed by atoms with Crippen LogP contribution in [0, 0.1) is 34.5 Å². The Kier molecular flexibility index (Phi) is 19.3. The van der Waals surface area contributed by atoms with E-state index in [1.165, 1.54) is 64.2 Å². The highest BCUT2D eigenvalue weighted by atomic mass is 16.5. The quantitative estimate of drug-likeness (QED) is 0.0594. The fourth-order valence-electron chi connectivity index (χ4n) is 14.1. The minimum Gasteiger partial charge on any atom is -0.481 e. The first-order valence-electron chi connectivity index (χ1n) is 25.9. The third-order valence-corrected chi connectivity index (χ3v) is 18.2. The maximum absolute atomic E-state index is 15.4. The van der Waals surface area contributed by atoms with E-state index in [4.69, 9.17) is 4.74 Å². The molecule has 0 aromatic heterocycles. The van der Waals surface area contributed by atoms with Gasteiger partial charge in [0.05, 0.1) is 24.4 Å². The lowest BCUT2D eigenvalue weighted by molar-refractivity contribution is -0.230. The van der Waals surface area contributed by atoms with Gasteiger partial charge in [0.25, 0.3) is 0 Å². The van der Waals surface area contributed by atoms with E-state index in [0.29, 0.717) is 19.3 Å². The fraction of sp³-hybridized carbons (Fsp3) is 0.926. The standard InChI is InChI=1S/C54H99N3O8/c1-17-18-19-20-21-22-23-24-25-26-27-28-29-30-31-65-42(58)38-53(45(61)62,40-34-49(6,7)56(15)50(8,9)35-40)54(46(63)64,41-36-51(10,11)57(16)52(12,13)37-41)43(44(59)60)39-32-47(2,3)55(14)48(4,5)33-39/h39-41,43H,17-38H2,1-16H3,(H,59,60)(H,61,62)(H,63,64)/t43-,53-,54-/m1/s1. The van der Waals surface area contributed by atoms with Crippen LogP contribution in [0.15, 0.2) is 0 Å². The van der Waals surface area contributed by atoms with Crippen LogP contribution in [-0.4, -0.2) is 115 Å². The van der Waals surface area contributed by atoms with Crippen LogP contribution in [-0.2, 0) is 23.9 Å². The Labute approximate surface area is 396 Å². The normalized spacial score (nSPS) is 25.0. The van der Waals surface area contributed by atoms with Crippen molar-refractivity contribution in [2.45, 2.75) is 258 Å². The number of esters is 1. The predicted octanol–water partition coefficient (Wildman–Crippen LogP) is 11.9. The Morgan fingerprint density at radius 2 is 0.831 bits per heavy atom. The van der Waals surface area contributed by atoms with Crippen molar-refractivity contribution in [1.29, 1.82) is 0 Å². The zero-order valence-corrected chi connectivity index (χ0v) is 44.6. The third kappa shape index (κ3) is 12.5. The number of likely N-dealkylation sites (tertiary alicyclic amines) is 3. The van der Waals surface area contributed by atoms with Crippen molar-refractivity contribution in [3.63, 3.8) is 0 Å². The Balaban J connectivity index is 2.17. The first-order valence-corrected chi connectivity index (χ1v) is 25.9. The molecular formula is C54H99N3O8. The van der Waals surface area contributed by atoms with Gasteiger partial charge in [-0.3, -0.25) is 33.9 Å². The molecule has 65 heavy (non-hydrogen) atoms. The Bertz CT molecular complexity index is 1550. The average molecular weight is 918 g/mol. The highest BCUT2D eigenvalue weighted by molar-refractivity contribution is 5.94. The topological polar surface area (TPSA) is 148 Å². The van der Waals surface area contributed by atoms with Gasteiger partial charge in [0.2, 0.25) is 0 Å². The molecule has 0 radical (unpaired) electrons. The van der Waals surface area contributed by atoms with Crippen molar-refractivity contribution in [2.75, 3.05) is 27.7 Å². The van der Waals surface area contributed by atoms with Crippen LogP contribution in [0.3, 0.4) is 0 Å². The molecule has 0 bridgehead atoms. The molecule has 378 valence electrons. The van der Waals surface area contributed by atoms with E-state index in [2.05, 4.69) is 49.3 Å². The number of piperidine rings is 3. The molecule has 3 rings (SSSR count). The van der Waals surface area contributed by atoms with Crippen LogP contribution >= 0.6 is 0 Å². The number of ether oxygens (including phenoxy) is 1. The second kappa shape index (κ2) is 22.0. The number of carboxylic acids is 3. The predicted molar refractivity (Wildman–Crippen MR) is 263 cm³/mol. The minimum atomic E-state index is -2.42. The molecular weight excluding hydrogens is 819 g/mol. The molecule has 3 N–H and O–H groups in total. The molecule has 0 aromatic rings. The van der Waals surface area contributed by atoms with Crippen LogP contribution in [0.1, 0.15) is 225 Å². The number of rotatable bonds is 25. The van der Waals surface area contributed by atoms with E-state index >= 15 is 9.59 Å². The van der Waals surface area contributed by atoms with Crippen LogP contribution < -0.4 is 0 Å². The summed E-state index contributed by atoms with van der Waals surface area (Å²) < 4.78 is 6.03. The summed E-state index contributed by atoms with van der Waals surface area (Å²) >= 11 is 0. The smallest absolute Gasteiger partial charge is 0.312 e. The molecule has 0 aliphatic carbocycles. The fourth-order valence-corrected chi connectivity index (χ4v) is 14.1. The largest absolute Gasteiger partial charge is 0.481 e.